The van der Waals surface area contributed by atoms with Crippen molar-refractivity contribution in [3.63, 3.8) is 0 Å². The molecule has 9 atom stereocenters. The maximum Gasteiger partial charge on any atom is 0.187 e. The number of ether oxygens (including phenoxy) is 4. The summed E-state index contributed by atoms with van der Waals surface area (Å²) in [6, 6.07) is 0. The van der Waals surface area contributed by atoms with Crippen LogP contribution < -0.4 is 0 Å². The van der Waals surface area contributed by atoms with Crippen molar-refractivity contribution in [3.05, 3.63) is 11.6 Å². The highest BCUT2D eigenvalue weighted by molar-refractivity contribution is 5.09. The van der Waals surface area contributed by atoms with Gasteiger partial charge in [-0.15, -0.1) is 0 Å². The van der Waals surface area contributed by atoms with Crippen molar-refractivity contribution in [1.29, 1.82) is 0 Å². The molecule has 31 heavy (non-hydrogen) atoms. The fraction of sp³-hybridized carbons (Fsp3) is 0.905. The number of hydrogen-bond acceptors (Lipinski definition) is 10. The standard InChI is InChI=1S/C21H36O10/c1-11(2)21(6-4-12(3)5-7-21)31-18-16(25)15(24)14(23)13(30-18)8-28-19-17(26)20(27,9-22)10-29-19/h4,11,13-19,22-27H,5-10H2,1-3H3/t13-,14-,15+,16-,17-,18+,19-,20-,21-/m1/s1. The Balaban J connectivity index is 1.66. The second kappa shape index (κ2) is 9.68. The molecule has 0 spiro atoms. The van der Waals surface area contributed by atoms with Crippen molar-refractivity contribution in [3.8, 4) is 0 Å². The monoisotopic (exact) mass is 448 g/mol. The fourth-order valence-corrected chi connectivity index (χ4v) is 4.23. The van der Waals surface area contributed by atoms with Gasteiger partial charge in [0, 0.05) is 0 Å². The molecule has 2 heterocycles. The van der Waals surface area contributed by atoms with Crippen molar-refractivity contribution in [2.24, 2.45) is 5.92 Å². The Hall–Kier alpha value is -0.660. The summed E-state index contributed by atoms with van der Waals surface area (Å²) in [4.78, 5) is 0. The van der Waals surface area contributed by atoms with Crippen molar-refractivity contribution in [2.45, 2.75) is 94.3 Å². The van der Waals surface area contributed by atoms with Crippen molar-refractivity contribution < 1.29 is 49.6 Å². The van der Waals surface area contributed by atoms with E-state index < -0.39 is 60.9 Å². The molecule has 2 fully saturated rings. The van der Waals surface area contributed by atoms with Crippen LogP contribution in [0.15, 0.2) is 11.6 Å². The van der Waals surface area contributed by atoms with Gasteiger partial charge >= 0.3 is 0 Å². The van der Waals surface area contributed by atoms with Gasteiger partial charge < -0.3 is 49.6 Å². The summed E-state index contributed by atoms with van der Waals surface area (Å²) in [7, 11) is 0. The fourth-order valence-electron chi connectivity index (χ4n) is 4.23. The van der Waals surface area contributed by atoms with Gasteiger partial charge in [-0.1, -0.05) is 25.5 Å². The highest BCUT2D eigenvalue weighted by atomic mass is 16.7. The minimum absolute atomic E-state index is 0.115. The summed E-state index contributed by atoms with van der Waals surface area (Å²) in [6.07, 6.45) is -5.12. The Morgan fingerprint density at radius 3 is 2.39 bits per heavy atom. The van der Waals surface area contributed by atoms with Crippen LogP contribution in [0.3, 0.4) is 0 Å². The topological polar surface area (TPSA) is 158 Å². The molecule has 0 unspecified atom stereocenters. The summed E-state index contributed by atoms with van der Waals surface area (Å²) >= 11 is 0. The van der Waals surface area contributed by atoms with Crippen LogP contribution in [0.5, 0.6) is 0 Å². The van der Waals surface area contributed by atoms with E-state index in [0.717, 1.165) is 12.8 Å². The molecular weight excluding hydrogens is 412 g/mol. The average molecular weight is 449 g/mol. The molecule has 2 saturated heterocycles. The van der Waals surface area contributed by atoms with Gasteiger partial charge in [0.05, 0.1) is 25.4 Å². The van der Waals surface area contributed by atoms with Crippen molar-refractivity contribution >= 4 is 0 Å². The molecular formula is C21H36O10. The lowest BCUT2D eigenvalue weighted by molar-refractivity contribution is -0.338. The van der Waals surface area contributed by atoms with Crippen molar-refractivity contribution in [2.75, 3.05) is 19.8 Å². The molecule has 0 saturated carbocycles. The van der Waals surface area contributed by atoms with Gasteiger partial charge in [-0.3, -0.25) is 0 Å². The first kappa shape index (κ1) is 25.0. The molecule has 3 aliphatic rings. The first-order valence-electron chi connectivity index (χ1n) is 10.8. The van der Waals surface area contributed by atoms with E-state index >= 15 is 0 Å². The second-order valence-corrected chi connectivity index (χ2v) is 9.33. The third-order valence-electron chi connectivity index (χ3n) is 6.81. The van der Waals surface area contributed by atoms with Gasteiger partial charge in [-0.05, 0) is 32.1 Å². The molecule has 0 aromatic rings. The molecule has 0 aromatic carbocycles. The largest absolute Gasteiger partial charge is 0.393 e. The van der Waals surface area contributed by atoms with E-state index in [1.165, 1.54) is 5.57 Å². The predicted octanol–water partition coefficient (Wildman–Crippen LogP) is -1.21. The van der Waals surface area contributed by atoms with Crippen LogP contribution in [-0.4, -0.2) is 105 Å². The average Bonchev–Trinajstić information content (AvgIpc) is 3.04. The van der Waals surface area contributed by atoms with Gasteiger partial charge in [0.15, 0.2) is 12.6 Å². The van der Waals surface area contributed by atoms with Gasteiger partial charge in [0.25, 0.3) is 0 Å². The highest BCUT2D eigenvalue weighted by Crippen LogP contribution is 2.40. The summed E-state index contributed by atoms with van der Waals surface area (Å²) in [5.74, 6) is 0.115. The Morgan fingerprint density at radius 1 is 1.13 bits per heavy atom. The molecule has 180 valence electrons. The van der Waals surface area contributed by atoms with E-state index in [1.807, 2.05) is 13.8 Å². The van der Waals surface area contributed by atoms with E-state index in [1.54, 1.807) is 0 Å². The Bertz CT molecular complexity index is 642. The van der Waals surface area contributed by atoms with Crippen molar-refractivity contribution in [1.82, 2.24) is 0 Å². The molecule has 10 heteroatoms. The summed E-state index contributed by atoms with van der Waals surface area (Å²) < 4.78 is 22.6. The minimum Gasteiger partial charge on any atom is -0.393 e. The zero-order valence-electron chi connectivity index (χ0n) is 18.3. The number of aliphatic hydroxyl groups excluding tert-OH is 5. The van der Waals surface area contributed by atoms with Crippen LogP contribution in [-0.2, 0) is 18.9 Å². The van der Waals surface area contributed by atoms with Crippen LogP contribution in [0.1, 0.15) is 40.0 Å². The summed E-state index contributed by atoms with van der Waals surface area (Å²) in [5, 5.41) is 60.6. The van der Waals surface area contributed by atoms with E-state index in [2.05, 4.69) is 13.0 Å². The van der Waals surface area contributed by atoms with E-state index in [0.29, 0.717) is 6.42 Å². The second-order valence-electron chi connectivity index (χ2n) is 9.33. The Labute approximate surface area is 182 Å². The summed E-state index contributed by atoms with van der Waals surface area (Å²) in [6.45, 7) is 4.78. The summed E-state index contributed by atoms with van der Waals surface area (Å²) in [5.41, 5.74) is -1.15. The molecule has 3 rings (SSSR count). The lowest BCUT2D eigenvalue weighted by Gasteiger charge is -2.47. The van der Waals surface area contributed by atoms with Crippen LogP contribution >= 0.6 is 0 Å². The molecule has 0 aromatic heterocycles. The lowest BCUT2D eigenvalue weighted by Crippen LogP contribution is -2.61. The van der Waals surface area contributed by atoms with E-state index in [9.17, 15) is 30.6 Å². The smallest absolute Gasteiger partial charge is 0.187 e. The maximum atomic E-state index is 10.5. The van der Waals surface area contributed by atoms with Crippen LogP contribution in [0, 0.1) is 5.92 Å². The molecule has 0 amide bonds. The van der Waals surface area contributed by atoms with Gasteiger partial charge in [-0.25, -0.2) is 0 Å². The van der Waals surface area contributed by atoms with E-state index in [-0.39, 0.29) is 19.1 Å². The quantitative estimate of drug-likeness (QED) is 0.261. The number of rotatable bonds is 7. The molecule has 1 aliphatic carbocycles. The molecule has 0 radical (unpaired) electrons. The lowest BCUT2D eigenvalue weighted by atomic mass is 9.78. The first-order valence-corrected chi connectivity index (χ1v) is 10.8. The number of hydrogen-bond donors (Lipinski definition) is 6. The minimum atomic E-state index is -1.84. The molecule has 10 nitrogen and oxygen atoms in total. The predicted molar refractivity (Wildman–Crippen MR) is 107 cm³/mol. The number of allylic oxidation sites excluding steroid dienone is 1. The molecule has 0 bridgehead atoms. The third kappa shape index (κ3) is 4.98. The van der Waals surface area contributed by atoms with Gasteiger partial charge in [-0.2, -0.15) is 0 Å². The van der Waals surface area contributed by atoms with E-state index in [4.69, 9.17) is 18.9 Å². The first-order chi connectivity index (χ1) is 14.5. The zero-order chi connectivity index (χ0) is 23.0. The normalized spacial score (nSPS) is 46.4. The SMILES string of the molecule is CC1=CC[C@](O[C@@H]2O[C@H](CO[C@@H]3OC[C@](O)(CO)[C@@H]3O)[C@@H](O)[C@H](O)[C@H]2O)(C(C)C)CC1. The molecule has 2 aliphatic heterocycles. The Kier molecular flexibility index (Phi) is 7.80. The Morgan fingerprint density at radius 2 is 1.84 bits per heavy atom. The molecule has 6 N–H and O–H groups in total. The third-order valence-corrected chi connectivity index (χ3v) is 6.81. The van der Waals surface area contributed by atoms with Crippen LogP contribution in [0.2, 0.25) is 0 Å². The van der Waals surface area contributed by atoms with Crippen LogP contribution in [0.25, 0.3) is 0 Å². The zero-order valence-corrected chi connectivity index (χ0v) is 18.3. The maximum absolute atomic E-state index is 10.5. The highest BCUT2D eigenvalue weighted by Gasteiger charge is 2.51. The van der Waals surface area contributed by atoms with Gasteiger partial charge in [0.2, 0.25) is 0 Å². The van der Waals surface area contributed by atoms with Crippen LogP contribution in [0.4, 0.5) is 0 Å². The van der Waals surface area contributed by atoms with Gasteiger partial charge in [0.1, 0.15) is 36.1 Å². The number of aliphatic hydroxyl groups is 6.